The zero-order valence-corrected chi connectivity index (χ0v) is 33.9. The lowest BCUT2D eigenvalue weighted by Crippen LogP contribution is -2.44. The van der Waals surface area contributed by atoms with Crippen molar-refractivity contribution >= 4 is 35.6 Å². The number of carbonyl (C=O) groups is 2. The summed E-state index contributed by atoms with van der Waals surface area (Å²) in [7, 11) is 0. The second-order valence-electron chi connectivity index (χ2n) is 17.0. The summed E-state index contributed by atoms with van der Waals surface area (Å²) in [5, 5.41) is 22.2. The second kappa shape index (κ2) is 23.5. The van der Waals surface area contributed by atoms with Crippen LogP contribution >= 0.6 is 12.3 Å². The molecule has 0 spiro atoms. The van der Waals surface area contributed by atoms with Gasteiger partial charge in [-0.2, -0.15) is 4.21 Å². The van der Waals surface area contributed by atoms with Crippen LogP contribution in [0.5, 0.6) is 0 Å². The van der Waals surface area contributed by atoms with Crippen molar-refractivity contribution < 1.29 is 55.7 Å². The average molecular weight is 807 g/mol. The fourth-order valence-corrected chi connectivity index (χ4v) is 10.4. The molecule has 54 heavy (non-hydrogen) atoms. The normalized spacial score (nSPS) is 37.0. The summed E-state index contributed by atoms with van der Waals surface area (Å²) in [4.78, 5) is 41.2. The van der Waals surface area contributed by atoms with Crippen LogP contribution in [0.15, 0.2) is 0 Å². The SMILES string of the molecule is CC1CCC(OOSOC2CCC(C(=O)NCC3CCC(CNOCC4CCC(OS(=O)OC5CCC(C)CC5)CC4COO)CC3)C(C(=O)O)C2)CC1. The van der Waals surface area contributed by atoms with E-state index in [0.29, 0.717) is 50.2 Å². The van der Waals surface area contributed by atoms with Crippen LogP contribution < -0.4 is 10.8 Å². The Morgan fingerprint density at radius 2 is 1.30 bits per heavy atom. The van der Waals surface area contributed by atoms with Crippen LogP contribution in [-0.2, 0) is 52.4 Å². The van der Waals surface area contributed by atoms with Gasteiger partial charge in [0.05, 0.1) is 49.5 Å². The third kappa shape index (κ3) is 14.8. The molecule has 7 unspecified atom stereocenters. The maximum Gasteiger partial charge on any atom is 0.307 e. The van der Waals surface area contributed by atoms with Crippen LogP contribution in [0.2, 0.25) is 0 Å². The molecule has 0 aromatic heterocycles. The predicted octanol–water partition coefficient (Wildman–Crippen LogP) is 6.87. The predicted molar refractivity (Wildman–Crippen MR) is 202 cm³/mol. The standard InChI is InChI=1S/C38H66N2O12S2/c1-25-3-12-31(13-4-25)48-52-53-49-33-17-18-35(36(20-33)38(42)43)37(41)39-21-27-7-9-28(10-8-27)22-40-46-23-29-11-16-34(19-30(29)24-47-44)51-54(45)50-32-14-5-26(2)6-15-32/h25-36,40,44H,3-24H2,1-2H3,(H,39,41)(H,42,43). The number of rotatable bonds is 20. The van der Waals surface area contributed by atoms with Crippen molar-refractivity contribution in [3.05, 3.63) is 0 Å². The van der Waals surface area contributed by atoms with Crippen molar-refractivity contribution in [2.45, 2.75) is 154 Å². The fraction of sp³-hybridized carbons (Fsp3) is 0.947. The van der Waals surface area contributed by atoms with E-state index in [1.165, 1.54) is 0 Å². The van der Waals surface area contributed by atoms with Gasteiger partial charge in [0.15, 0.2) is 12.3 Å². The number of aliphatic carboxylic acids is 1. The van der Waals surface area contributed by atoms with Crippen LogP contribution in [-0.4, -0.2) is 77.2 Å². The quantitative estimate of drug-likeness (QED) is 0.0433. The van der Waals surface area contributed by atoms with Crippen molar-refractivity contribution in [3.63, 3.8) is 0 Å². The number of carbonyl (C=O) groups excluding carboxylic acids is 1. The van der Waals surface area contributed by atoms with E-state index in [1.54, 1.807) is 0 Å². The average Bonchev–Trinajstić information content (AvgIpc) is 3.17. The molecule has 5 rings (SSSR count). The molecule has 5 saturated carbocycles. The monoisotopic (exact) mass is 806 g/mol. The molecule has 0 aliphatic heterocycles. The summed E-state index contributed by atoms with van der Waals surface area (Å²) >= 11 is -1.01. The Hall–Kier alpha value is -0.920. The summed E-state index contributed by atoms with van der Waals surface area (Å²) in [6.45, 7) is 6.41. The van der Waals surface area contributed by atoms with E-state index in [1.807, 2.05) is 0 Å². The van der Waals surface area contributed by atoms with Crippen LogP contribution in [0.25, 0.3) is 0 Å². The smallest absolute Gasteiger partial charge is 0.307 e. The Labute approximate surface area is 328 Å². The third-order valence-corrected chi connectivity index (χ3v) is 14.2. The summed E-state index contributed by atoms with van der Waals surface area (Å²) in [5.74, 6) is -0.128. The van der Waals surface area contributed by atoms with Gasteiger partial charge in [0.2, 0.25) is 5.91 Å². The lowest BCUT2D eigenvalue weighted by molar-refractivity contribution is -0.258. The molecule has 5 aliphatic carbocycles. The molecule has 312 valence electrons. The molecule has 16 heteroatoms. The van der Waals surface area contributed by atoms with Crippen LogP contribution in [0, 0.1) is 47.3 Å². The van der Waals surface area contributed by atoms with E-state index in [-0.39, 0.29) is 55.2 Å². The minimum absolute atomic E-state index is 0.0106. The molecule has 7 atom stereocenters. The Morgan fingerprint density at radius 1 is 0.685 bits per heavy atom. The van der Waals surface area contributed by atoms with Crippen LogP contribution in [0.4, 0.5) is 0 Å². The first-order chi connectivity index (χ1) is 26.2. The molecule has 5 fully saturated rings. The molecule has 0 aromatic carbocycles. The topological polar surface area (TPSA) is 180 Å². The highest BCUT2D eigenvalue weighted by Gasteiger charge is 2.40. The summed E-state index contributed by atoms with van der Waals surface area (Å²) < 4.78 is 34.9. The van der Waals surface area contributed by atoms with E-state index >= 15 is 0 Å². The van der Waals surface area contributed by atoms with Crippen molar-refractivity contribution in [2.24, 2.45) is 47.3 Å². The lowest BCUT2D eigenvalue weighted by atomic mass is 9.77. The number of nitrogens with one attached hydrogen (secondary N) is 2. The largest absolute Gasteiger partial charge is 0.481 e. The molecule has 0 saturated heterocycles. The first-order valence-corrected chi connectivity index (χ1v) is 22.4. The third-order valence-electron chi connectivity index (χ3n) is 12.9. The van der Waals surface area contributed by atoms with Gasteiger partial charge in [-0.15, -0.1) is 4.33 Å². The summed E-state index contributed by atoms with van der Waals surface area (Å²) in [6, 6.07) is 0. The van der Waals surface area contributed by atoms with Crippen molar-refractivity contribution in [3.8, 4) is 0 Å². The van der Waals surface area contributed by atoms with Crippen LogP contribution in [0.3, 0.4) is 0 Å². The number of carboxylic acid groups (broad SMARTS) is 1. The van der Waals surface area contributed by atoms with Gasteiger partial charge >= 0.3 is 17.3 Å². The molecule has 4 N–H and O–H groups in total. The Kier molecular flexibility index (Phi) is 19.2. The number of amides is 1. The van der Waals surface area contributed by atoms with E-state index in [2.05, 4.69) is 29.5 Å². The Bertz CT molecular complexity index is 1130. The molecular weight excluding hydrogens is 741 g/mol. The number of hydroxylamine groups is 1. The van der Waals surface area contributed by atoms with E-state index in [4.69, 9.17) is 26.6 Å². The van der Waals surface area contributed by atoms with Crippen molar-refractivity contribution in [1.82, 2.24) is 10.8 Å². The molecule has 0 bridgehead atoms. The Morgan fingerprint density at radius 3 is 1.96 bits per heavy atom. The molecule has 0 aromatic rings. The van der Waals surface area contributed by atoms with Gasteiger partial charge in [-0.25, -0.2) is 15.3 Å². The number of hydrogen-bond acceptors (Lipinski definition) is 13. The highest BCUT2D eigenvalue weighted by molar-refractivity contribution is 7.89. The first kappa shape index (κ1) is 44.2. The van der Waals surface area contributed by atoms with Crippen LogP contribution in [0.1, 0.15) is 129 Å². The molecule has 5 aliphatic rings. The van der Waals surface area contributed by atoms with Gasteiger partial charge in [-0.1, -0.05) is 13.8 Å². The molecule has 1 amide bonds. The maximum atomic E-state index is 13.2. The van der Waals surface area contributed by atoms with Crippen molar-refractivity contribution in [1.29, 1.82) is 0 Å². The maximum absolute atomic E-state index is 13.2. The molecule has 14 nitrogen and oxygen atoms in total. The number of hydrogen-bond donors (Lipinski definition) is 4. The highest BCUT2D eigenvalue weighted by Crippen LogP contribution is 2.36. The van der Waals surface area contributed by atoms with Gasteiger partial charge in [0.25, 0.3) is 0 Å². The van der Waals surface area contributed by atoms with Gasteiger partial charge < -0.3 is 15.3 Å². The zero-order valence-electron chi connectivity index (χ0n) is 32.3. The van der Waals surface area contributed by atoms with Gasteiger partial charge in [0.1, 0.15) is 0 Å². The lowest BCUT2D eigenvalue weighted by Gasteiger charge is -2.35. The van der Waals surface area contributed by atoms with Gasteiger partial charge in [-0.05, 0) is 151 Å². The fourth-order valence-electron chi connectivity index (χ4n) is 9.09. The summed E-state index contributed by atoms with van der Waals surface area (Å²) in [6.07, 6.45) is 15.1. The van der Waals surface area contributed by atoms with E-state index in [0.717, 1.165) is 115 Å². The zero-order chi connectivity index (χ0) is 38.3. The highest BCUT2D eigenvalue weighted by atomic mass is 32.2. The minimum Gasteiger partial charge on any atom is -0.481 e. The van der Waals surface area contributed by atoms with E-state index < -0.39 is 29.2 Å². The van der Waals surface area contributed by atoms with Crippen molar-refractivity contribution in [2.75, 3.05) is 26.3 Å². The summed E-state index contributed by atoms with van der Waals surface area (Å²) in [5.41, 5.74) is 3.16. The minimum atomic E-state index is -1.78. The van der Waals surface area contributed by atoms with E-state index in [9.17, 15) is 24.2 Å². The van der Waals surface area contributed by atoms with Gasteiger partial charge in [0, 0.05) is 13.1 Å². The first-order valence-electron chi connectivity index (χ1n) is 20.7. The van der Waals surface area contributed by atoms with Gasteiger partial charge in [-0.3, -0.25) is 27.4 Å². The second-order valence-corrected chi connectivity index (χ2v) is 18.3. The molecular formula is C38H66N2O12S2. The number of carboxylic acids is 1. The molecule has 0 radical (unpaired) electrons. The molecule has 0 heterocycles. The Balaban J connectivity index is 0.910.